The van der Waals surface area contributed by atoms with E-state index in [0.29, 0.717) is 44.1 Å². The number of anilines is 1. The third-order valence-corrected chi connectivity index (χ3v) is 7.55. The third-order valence-electron chi connectivity index (χ3n) is 7.55. The van der Waals surface area contributed by atoms with E-state index in [0.717, 1.165) is 42.9 Å². The number of methoxy groups -OCH3 is 1. The molecule has 5 rings (SSSR count). The van der Waals surface area contributed by atoms with Crippen LogP contribution in [0.15, 0.2) is 60.7 Å². The summed E-state index contributed by atoms with van der Waals surface area (Å²) in [6, 6.07) is 19.3. The molecule has 1 aromatic heterocycles. The van der Waals surface area contributed by atoms with Gasteiger partial charge in [-0.2, -0.15) is 0 Å². The van der Waals surface area contributed by atoms with Crippen LogP contribution >= 0.6 is 0 Å². The van der Waals surface area contributed by atoms with E-state index < -0.39 is 0 Å². The van der Waals surface area contributed by atoms with Crippen LogP contribution in [0.4, 0.5) is 5.82 Å². The fourth-order valence-corrected chi connectivity index (χ4v) is 5.22. The lowest BCUT2D eigenvalue weighted by Gasteiger charge is -2.28. The number of hydrogen-bond donors (Lipinski definition) is 0. The minimum atomic E-state index is -0.192. The molecule has 3 aromatic rings. The zero-order valence-electron chi connectivity index (χ0n) is 23.3. The van der Waals surface area contributed by atoms with Crippen molar-refractivity contribution in [1.82, 2.24) is 20.0 Å². The second kappa shape index (κ2) is 12.9. The van der Waals surface area contributed by atoms with Crippen LogP contribution in [0, 0.1) is 6.92 Å². The van der Waals surface area contributed by atoms with E-state index in [-0.39, 0.29) is 24.5 Å². The molecular formula is C31H37N5O4. The van der Waals surface area contributed by atoms with E-state index in [4.69, 9.17) is 9.47 Å². The third kappa shape index (κ3) is 6.77. The number of rotatable bonds is 8. The van der Waals surface area contributed by atoms with E-state index in [9.17, 15) is 9.59 Å². The summed E-state index contributed by atoms with van der Waals surface area (Å²) in [4.78, 5) is 32.6. The van der Waals surface area contributed by atoms with Crippen molar-refractivity contribution >= 4 is 17.6 Å². The number of aryl methyl sites for hydroxylation is 1. The maximum absolute atomic E-state index is 13.5. The van der Waals surface area contributed by atoms with Crippen LogP contribution in [0.5, 0.6) is 5.75 Å². The predicted molar refractivity (Wildman–Crippen MR) is 153 cm³/mol. The molecule has 2 aliphatic heterocycles. The largest absolute Gasteiger partial charge is 0.497 e. The molecule has 40 heavy (non-hydrogen) atoms. The van der Waals surface area contributed by atoms with Gasteiger partial charge in [0.1, 0.15) is 12.3 Å². The van der Waals surface area contributed by atoms with Gasteiger partial charge < -0.3 is 24.2 Å². The Kier molecular flexibility index (Phi) is 8.91. The number of amides is 2. The van der Waals surface area contributed by atoms with Crippen molar-refractivity contribution in [3.8, 4) is 17.0 Å². The maximum Gasteiger partial charge on any atom is 0.254 e. The Hall–Kier alpha value is -3.98. The van der Waals surface area contributed by atoms with Crippen LogP contribution in [0.25, 0.3) is 11.3 Å². The van der Waals surface area contributed by atoms with E-state index >= 15 is 0 Å². The molecule has 0 unspecified atom stereocenters. The molecule has 2 saturated heterocycles. The summed E-state index contributed by atoms with van der Waals surface area (Å²) in [5.41, 5.74) is 3.58. The molecule has 0 spiro atoms. The SMILES string of the molecule is COc1cccc(C(=O)N(CC(=O)N2CCCN(c3ccc(-c4ccc(C)cc4)nn3)CC2)C[C@@H]2CCCO2)c1. The highest BCUT2D eigenvalue weighted by Crippen LogP contribution is 2.21. The highest BCUT2D eigenvalue weighted by atomic mass is 16.5. The molecule has 9 heteroatoms. The molecule has 0 bridgehead atoms. The Labute approximate surface area is 235 Å². The van der Waals surface area contributed by atoms with Gasteiger partial charge in [0.25, 0.3) is 5.91 Å². The van der Waals surface area contributed by atoms with Crippen molar-refractivity contribution in [2.75, 3.05) is 57.9 Å². The summed E-state index contributed by atoms with van der Waals surface area (Å²) in [7, 11) is 1.57. The second-order valence-electron chi connectivity index (χ2n) is 10.4. The first-order valence-electron chi connectivity index (χ1n) is 14.0. The van der Waals surface area contributed by atoms with Crippen molar-refractivity contribution in [3.05, 3.63) is 71.8 Å². The fourth-order valence-electron chi connectivity index (χ4n) is 5.22. The van der Waals surface area contributed by atoms with Crippen LogP contribution in [0.1, 0.15) is 35.2 Å². The van der Waals surface area contributed by atoms with Gasteiger partial charge in [0.15, 0.2) is 5.82 Å². The Balaban J connectivity index is 1.22. The standard InChI is InChI=1S/C31H37N5O4/c1-23-9-11-24(12-10-23)28-13-14-29(33-32-28)34-15-5-16-35(18-17-34)30(37)22-36(21-27-8-4-19-40-27)31(38)25-6-3-7-26(20-25)39-2/h3,6-7,9-14,20,27H,4-5,8,15-19,21-22H2,1-2H3/t27-/m0/s1. The summed E-state index contributed by atoms with van der Waals surface area (Å²) >= 11 is 0. The summed E-state index contributed by atoms with van der Waals surface area (Å²) in [5.74, 6) is 1.16. The first-order chi connectivity index (χ1) is 19.5. The summed E-state index contributed by atoms with van der Waals surface area (Å²) in [6.07, 6.45) is 2.61. The van der Waals surface area contributed by atoms with Crippen molar-refractivity contribution in [1.29, 1.82) is 0 Å². The highest BCUT2D eigenvalue weighted by Gasteiger charge is 2.28. The number of nitrogens with zero attached hydrogens (tertiary/aromatic N) is 5. The van der Waals surface area contributed by atoms with Gasteiger partial charge in [-0.15, -0.1) is 10.2 Å². The zero-order valence-corrected chi connectivity index (χ0v) is 23.3. The van der Waals surface area contributed by atoms with Crippen molar-refractivity contribution < 1.29 is 19.1 Å². The molecule has 2 fully saturated rings. The van der Waals surface area contributed by atoms with Crippen molar-refractivity contribution in [3.63, 3.8) is 0 Å². The molecule has 2 aromatic carbocycles. The smallest absolute Gasteiger partial charge is 0.254 e. The van der Waals surface area contributed by atoms with Crippen molar-refractivity contribution in [2.45, 2.75) is 32.3 Å². The Morgan fingerprint density at radius 1 is 1.00 bits per heavy atom. The number of ether oxygens (including phenoxy) is 2. The number of hydrogen-bond acceptors (Lipinski definition) is 7. The lowest BCUT2D eigenvalue weighted by molar-refractivity contribution is -0.132. The topological polar surface area (TPSA) is 88.1 Å². The van der Waals surface area contributed by atoms with Crippen molar-refractivity contribution in [2.24, 2.45) is 0 Å². The van der Waals surface area contributed by atoms with Crippen LogP contribution in [-0.2, 0) is 9.53 Å². The summed E-state index contributed by atoms with van der Waals surface area (Å²) < 4.78 is 11.1. The van der Waals surface area contributed by atoms with Gasteiger partial charge in [0.2, 0.25) is 5.91 Å². The van der Waals surface area contributed by atoms with Gasteiger partial charge in [-0.25, -0.2) is 0 Å². The van der Waals surface area contributed by atoms with Gasteiger partial charge in [-0.05, 0) is 56.5 Å². The summed E-state index contributed by atoms with van der Waals surface area (Å²) in [6.45, 7) is 5.78. The van der Waals surface area contributed by atoms with Crippen LogP contribution in [-0.4, -0.2) is 90.9 Å². The number of benzene rings is 2. The van der Waals surface area contributed by atoms with Gasteiger partial charge >= 0.3 is 0 Å². The Morgan fingerprint density at radius 3 is 2.58 bits per heavy atom. The van der Waals surface area contributed by atoms with Gasteiger partial charge in [-0.3, -0.25) is 9.59 Å². The van der Waals surface area contributed by atoms with E-state index in [1.165, 1.54) is 5.56 Å². The van der Waals surface area contributed by atoms with E-state index in [1.807, 2.05) is 17.0 Å². The minimum absolute atomic E-state index is 0.0148. The zero-order chi connectivity index (χ0) is 27.9. The number of carbonyl (C=O) groups excluding carboxylic acids is 2. The molecule has 0 aliphatic carbocycles. The summed E-state index contributed by atoms with van der Waals surface area (Å²) in [5, 5.41) is 8.93. The molecule has 9 nitrogen and oxygen atoms in total. The van der Waals surface area contributed by atoms with Crippen LogP contribution < -0.4 is 9.64 Å². The molecule has 3 heterocycles. The lowest BCUT2D eigenvalue weighted by atomic mass is 10.1. The molecule has 2 amide bonds. The average molecular weight is 544 g/mol. The first kappa shape index (κ1) is 27.6. The van der Waals surface area contributed by atoms with Gasteiger partial charge in [0, 0.05) is 50.5 Å². The average Bonchev–Trinajstić information content (AvgIpc) is 3.38. The minimum Gasteiger partial charge on any atom is -0.497 e. The Morgan fingerprint density at radius 2 is 1.85 bits per heavy atom. The lowest BCUT2D eigenvalue weighted by Crippen LogP contribution is -2.46. The quantitative estimate of drug-likeness (QED) is 0.427. The monoisotopic (exact) mass is 543 g/mol. The maximum atomic E-state index is 13.5. The normalized spacial score (nSPS) is 17.4. The van der Waals surface area contributed by atoms with Gasteiger partial charge in [0.05, 0.1) is 18.9 Å². The van der Waals surface area contributed by atoms with E-state index in [2.05, 4.69) is 46.3 Å². The molecule has 2 aliphatic rings. The van der Waals surface area contributed by atoms with Crippen LogP contribution in [0.2, 0.25) is 0 Å². The number of aromatic nitrogens is 2. The van der Waals surface area contributed by atoms with E-state index in [1.54, 1.807) is 36.3 Å². The molecular weight excluding hydrogens is 506 g/mol. The van der Waals surface area contributed by atoms with Gasteiger partial charge in [-0.1, -0.05) is 35.9 Å². The Bertz CT molecular complexity index is 1290. The molecule has 0 radical (unpaired) electrons. The molecule has 1 atom stereocenters. The molecule has 210 valence electrons. The first-order valence-corrected chi connectivity index (χ1v) is 14.0. The van der Waals surface area contributed by atoms with Crippen LogP contribution in [0.3, 0.4) is 0 Å². The highest BCUT2D eigenvalue weighted by molar-refractivity contribution is 5.97. The predicted octanol–water partition coefficient (Wildman–Crippen LogP) is 3.82. The molecule has 0 saturated carbocycles. The molecule has 0 N–H and O–H groups in total. The fraction of sp³-hybridized carbons (Fsp3) is 0.419. The second-order valence-corrected chi connectivity index (χ2v) is 10.4. The number of carbonyl (C=O) groups is 2.